The molecule has 0 aliphatic carbocycles. The van der Waals surface area contributed by atoms with E-state index in [0.717, 1.165) is 28.2 Å². The van der Waals surface area contributed by atoms with E-state index in [4.69, 9.17) is 11.6 Å². The van der Waals surface area contributed by atoms with Crippen molar-refractivity contribution in [3.63, 3.8) is 0 Å². The molecule has 3 rings (SSSR count). The maximum absolute atomic E-state index is 6.23. The molecule has 0 atom stereocenters. The Bertz CT molecular complexity index is 774. The number of aromatic nitrogens is 3. The maximum atomic E-state index is 6.23. The van der Waals surface area contributed by atoms with Gasteiger partial charge in [0, 0.05) is 11.3 Å². The lowest BCUT2D eigenvalue weighted by atomic mass is 10.0. The summed E-state index contributed by atoms with van der Waals surface area (Å²) in [5.74, 6) is 0. The van der Waals surface area contributed by atoms with E-state index in [2.05, 4.69) is 35.2 Å². The van der Waals surface area contributed by atoms with Crippen LogP contribution in [-0.4, -0.2) is 14.6 Å². The third-order valence-electron chi connectivity index (χ3n) is 3.16. The third kappa shape index (κ3) is 2.00. The number of halogens is 1. The maximum Gasteiger partial charge on any atom is 0.165 e. The normalized spacial score (nSPS) is 11.2. The molecule has 96 valence electrons. The topological polar surface area (TPSA) is 30.2 Å². The summed E-state index contributed by atoms with van der Waals surface area (Å²) in [5, 5.41) is 5.07. The molecule has 2 heterocycles. The highest BCUT2D eigenvalue weighted by atomic mass is 35.5. The van der Waals surface area contributed by atoms with Crippen LogP contribution in [0.1, 0.15) is 17.0 Å². The molecule has 1 aromatic carbocycles. The highest BCUT2D eigenvalue weighted by Gasteiger charge is 2.15. The van der Waals surface area contributed by atoms with Gasteiger partial charge in [0.2, 0.25) is 0 Å². The Morgan fingerprint density at radius 1 is 1.11 bits per heavy atom. The van der Waals surface area contributed by atoms with E-state index in [1.165, 1.54) is 5.56 Å². The van der Waals surface area contributed by atoms with Crippen LogP contribution >= 0.6 is 11.6 Å². The van der Waals surface area contributed by atoms with E-state index < -0.39 is 0 Å². The number of benzene rings is 1. The molecular formula is C15H14ClN3. The minimum Gasteiger partial charge on any atom is -0.233 e. The molecule has 0 N–H and O–H groups in total. The fraction of sp³-hybridized carbons (Fsp3) is 0.200. The summed E-state index contributed by atoms with van der Waals surface area (Å²) in [6, 6.07) is 10.2. The molecule has 3 nitrogen and oxygen atoms in total. The van der Waals surface area contributed by atoms with Gasteiger partial charge in [-0.3, -0.25) is 0 Å². The highest BCUT2D eigenvalue weighted by Crippen LogP contribution is 2.29. The predicted octanol–water partition coefficient (Wildman–Crippen LogP) is 3.97. The van der Waals surface area contributed by atoms with E-state index >= 15 is 0 Å². The van der Waals surface area contributed by atoms with E-state index in [0.29, 0.717) is 5.15 Å². The van der Waals surface area contributed by atoms with E-state index in [1.807, 2.05) is 26.0 Å². The lowest BCUT2D eigenvalue weighted by molar-refractivity contribution is 0.910. The zero-order valence-corrected chi connectivity index (χ0v) is 11.9. The molecule has 0 unspecified atom stereocenters. The zero-order chi connectivity index (χ0) is 13.6. The van der Waals surface area contributed by atoms with Gasteiger partial charge >= 0.3 is 0 Å². The molecule has 19 heavy (non-hydrogen) atoms. The van der Waals surface area contributed by atoms with Crippen LogP contribution in [0.4, 0.5) is 0 Å². The van der Waals surface area contributed by atoms with Crippen LogP contribution < -0.4 is 0 Å². The van der Waals surface area contributed by atoms with Gasteiger partial charge in [0.15, 0.2) is 5.65 Å². The number of rotatable bonds is 1. The summed E-state index contributed by atoms with van der Waals surface area (Å²) >= 11 is 6.23. The lowest BCUT2D eigenvalue weighted by Crippen LogP contribution is -1.94. The van der Waals surface area contributed by atoms with Gasteiger partial charge in [0.1, 0.15) is 5.15 Å². The van der Waals surface area contributed by atoms with E-state index in [-0.39, 0.29) is 0 Å². The quantitative estimate of drug-likeness (QED) is 0.627. The van der Waals surface area contributed by atoms with Crippen LogP contribution in [0, 0.1) is 20.8 Å². The molecule has 0 spiro atoms. The van der Waals surface area contributed by atoms with Gasteiger partial charge in [0.05, 0.1) is 5.69 Å². The molecule has 0 bridgehead atoms. The second-order valence-corrected chi connectivity index (χ2v) is 5.17. The van der Waals surface area contributed by atoms with Crippen molar-refractivity contribution in [1.29, 1.82) is 0 Å². The number of hydrogen-bond acceptors (Lipinski definition) is 2. The Balaban J connectivity index is 2.38. The molecule has 0 radical (unpaired) electrons. The van der Waals surface area contributed by atoms with Gasteiger partial charge in [-0.25, -0.2) is 9.50 Å². The first-order valence-electron chi connectivity index (χ1n) is 6.16. The number of nitrogens with zero attached hydrogens (tertiary/aromatic N) is 3. The van der Waals surface area contributed by atoms with Crippen molar-refractivity contribution in [2.75, 3.05) is 0 Å². The minimum atomic E-state index is 0.588. The number of aryl methyl sites for hydroxylation is 3. The molecule has 2 aromatic heterocycles. The van der Waals surface area contributed by atoms with Gasteiger partial charge in [-0.1, -0.05) is 41.4 Å². The monoisotopic (exact) mass is 271 g/mol. The lowest BCUT2D eigenvalue weighted by Gasteiger charge is -2.03. The fourth-order valence-corrected chi connectivity index (χ4v) is 2.61. The smallest absolute Gasteiger partial charge is 0.165 e. The first-order chi connectivity index (χ1) is 9.06. The molecule has 0 saturated carbocycles. The fourth-order valence-electron chi connectivity index (χ4n) is 2.34. The molecule has 3 aromatic rings. The van der Waals surface area contributed by atoms with Crippen LogP contribution in [0.25, 0.3) is 16.8 Å². The number of hydrogen-bond donors (Lipinski definition) is 0. The summed E-state index contributed by atoms with van der Waals surface area (Å²) in [4.78, 5) is 4.58. The summed E-state index contributed by atoms with van der Waals surface area (Å²) in [7, 11) is 0. The first-order valence-corrected chi connectivity index (χ1v) is 6.53. The SMILES string of the molecule is Cc1cccc(-c2c(C)nn3c(Cl)cc(C)nc23)c1. The van der Waals surface area contributed by atoms with Gasteiger partial charge in [0.25, 0.3) is 0 Å². The average molecular weight is 272 g/mol. The Kier molecular flexibility index (Phi) is 2.79. The van der Waals surface area contributed by atoms with Crippen molar-refractivity contribution in [3.05, 3.63) is 52.4 Å². The van der Waals surface area contributed by atoms with Crippen LogP contribution in [-0.2, 0) is 0 Å². The Morgan fingerprint density at radius 2 is 1.89 bits per heavy atom. The van der Waals surface area contributed by atoms with Crippen molar-refractivity contribution in [2.24, 2.45) is 0 Å². The second kappa shape index (κ2) is 4.35. The molecule has 0 amide bonds. The van der Waals surface area contributed by atoms with Crippen molar-refractivity contribution in [1.82, 2.24) is 14.6 Å². The van der Waals surface area contributed by atoms with Crippen LogP contribution in [0.3, 0.4) is 0 Å². The van der Waals surface area contributed by atoms with Crippen molar-refractivity contribution < 1.29 is 0 Å². The highest BCUT2D eigenvalue weighted by molar-refractivity contribution is 6.29. The summed E-state index contributed by atoms with van der Waals surface area (Å²) in [6.45, 7) is 6.00. The summed E-state index contributed by atoms with van der Waals surface area (Å²) in [5.41, 5.74) is 6.04. The predicted molar refractivity (Wildman–Crippen MR) is 77.6 cm³/mol. The summed E-state index contributed by atoms with van der Waals surface area (Å²) in [6.07, 6.45) is 0. The minimum absolute atomic E-state index is 0.588. The molecule has 4 heteroatoms. The van der Waals surface area contributed by atoms with Crippen molar-refractivity contribution in [2.45, 2.75) is 20.8 Å². The van der Waals surface area contributed by atoms with E-state index in [9.17, 15) is 0 Å². The van der Waals surface area contributed by atoms with Gasteiger partial charge in [-0.05, 0) is 32.4 Å². The van der Waals surface area contributed by atoms with Gasteiger partial charge in [-0.2, -0.15) is 5.10 Å². The standard InChI is InChI=1S/C15H14ClN3/c1-9-5-4-6-12(7-9)14-11(3)18-19-13(16)8-10(2)17-15(14)19/h4-8H,1-3H3. The molecule has 0 fully saturated rings. The Morgan fingerprint density at radius 3 is 2.63 bits per heavy atom. The summed E-state index contributed by atoms with van der Waals surface area (Å²) < 4.78 is 1.70. The second-order valence-electron chi connectivity index (χ2n) is 4.79. The van der Waals surface area contributed by atoms with Crippen LogP contribution in [0.2, 0.25) is 5.15 Å². The molecule has 0 aliphatic heterocycles. The van der Waals surface area contributed by atoms with Crippen molar-refractivity contribution >= 4 is 17.2 Å². The average Bonchev–Trinajstić information content (AvgIpc) is 2.66. The van der Waals surface area contributed by atoms with Gasteiger partial charge < -0.3 is 0 Å². The zero-order valence-electron chi connectivity index (χ0n) is 11.1. The Labute approximate surface area is 116 Å². The van der Waals surface area contributed by atoms with Gasteiger partial charge in [-0.15, -0.1) is 0 Å². The number of fused-ring (bicyclic) bond motifs is 1. The molecular weight excluding hydrogens is 258 g/mol. The van der Waals surface area contributed by atoms with Crippen LogP contribution in [0.15, 0.2) is 30.3 Å². The van der Waals surface area contributed by atoms with Crippen LogP contribution in [0.5, 0.6) is 0 Å². The molecule has 0 saturated heterocycles. The van der Waals surface area contributed by atoms with Crippen molar-refractivity contribution in [3.8, 4) is 11.1 Å². The Hall–Kier alpha value is -1.87. The largest absolute Gasteiger partial charge is 0.233 e. The first kappa shape index (κ1) is 12.2. The molecule has 0 aliphatic rings. The third-order valence-corrected chi connectivity index (χ3v) is 3.42. The van der Waals surface area contributed by atoms with E-state index in [1.54, 1.807) is 4.52 Å².